The number of aromatic nitrogens is 2. The van der Waals surface area contributed by atoms with Crippen LogP contribution in [0.25, 0.3) is 0 Å². The maximum absolute atomic E-state index is 12.2. The fourth-order valence-electron chi connectivity index (χ4n) is 4.75. The van der Waals surface area contributed by atoms with E-state index < -0.39 is 0 Å². The number of carbonyl (C=O) groups is 1. The maximum Gasteiger partial charge on any atom is 0.317 e. The van der Waals surface area contributed by atoms with E-state index in [-0.39, 0.29) is 6.03 Å². The summed E-state index contributed by atoms with van der Waals surface area (Å²) in [6.45, 7) is 5.86. The summed E-state index contributed by atoms with van der Waals surface area (Å²) in [6.07, 6.45) is 10.8. The summed E-state index contributed by atoms with van der Waals surface area (Å²) in [5.74, 6) is 0.880. The quantitative estimate of drug-likeness (QED) is 0.892. The highest BCUT2D eigenvalue weighted by Gasteiger charge is 2.28. The average Bonchev–Trinajstić information content (AvgIpc) is 3.36. The molecule has 0 aromatic carbocycles. The van der Waals surface area contributed by atoms with E-state index in [0.29, 0.717) is 6.04 Å². The second-order valence-electron chi connectivity index (χ2n) is 7.98. The first-order valence-corrected chi connectivity index (χ1v) is 10.1. The van der Waals surface area contributed by atoms with Gasteiger partial charge in [0.2, 0.25) is 0 Å². The standard InChI is InChI=1S/C19H31N5O/c25-19(23-11-3-4-12-23)20-9-7-17-14-22(13-16-5-1-2-6-16)15-18-8-10-21-24(17)18/h8,10,16-17H,1-7,9,11-15H2,(H,20,25). The topological polar surface area (TPSA) is 53.4 Å². The fraction of sp³-hybridized carbons (Fsp3) is 0.789. The summed E-state index contributed by atoms with van der Waals surface area (Å²) in [7, 11) is 0. The van der Waals surface area contributed by atoms with Crippen LogP contribution in [0.1, 0.15) is 56.7 Å². The lowest BCUT2D eigenvalue weighted by atomic mass is 10.0. The van der Waals surface area contributed by atoms with Crippen molar-refractivity contribution >= 4 is 6.03 Å². The van der Waals surface area contributed by atoms with Gasteiger partial charge >= 0.3 is 6.03 Å². The molecule has 0 spiro atoms. The van der Waals surface area contributed by atoms with Crippen LogP contribution >= 0.6 is 0 Å². The van der Waals surface area contributed by atoms with Gasteiger partial charge < -0.3 is 10.2 Å². The number of urea groups is 1. The highest BCUT2D eigenvalue weighted by molar-refractivity contribution is 5.74. The zero-order chi connectivity index (χ0) is 17.1. The van der Waals surface area contributed by atoms with Crippen molar-refractivity contribution in [2.24, 2.45) is 5.92 Å². The van der Waals surface area contributed by atoms with E-state index in [1.54, 1.807) is 0 Å². The monoisotopic (exact) mass is 345 g/mol. The van der Waals surface area contributed by atoms with Crippen LogP contribution in [-0.4, -0.2) is 58.3 Å². The molecule has 6 heteroatoms. The Kier molecular flexibility index (Phi) is 5.25. The van der Waals surface area contributed by atoms with Gasteiger partial charge in [-0.25, -0.2) is 4.79 Å². The van der Waals surface area contributed by atoms with Crippen molar-refractivity contribution in [3.8, 4) is 0 Å². The Morgan fingerprint density at radius 1 is 1.20 bits per heavy atom. The van der Waals surface area contributed by atoms with Crippen molar-refractivity contribution in [3.05, 3.63) is 18.0 Å². The Morgan fingerprint density at radius 3 is 2.80 bits per heavy atom. The molecular weight excluding hydrogens is 314 g/mol. The van der Waals surface area contributed by atoms with Crippen LogP contribution in [0.3, 0.4) is 0 Å². The molecule has 3 aliphatic rings. The first kappa shape index (κ1) is 16.9. The van der Waals surface area contributed by atoms with Gasteiger partial charge in [-0.3, -0.25) is 9.58 Å². The predicted molar refractivity (Wildman–Crippen MR) is 97.3 cm³/mol. The summed E-state index contributed by atoms with van der Waals surface area (Å²) in [6, 6.07) is 2.63. The molecule has 1 aliphatic carbocycles. The van der Waals surface area contributed by atoms with Crippen molar-refractivity contribution in [2.45, 2.75) is 57.5 Å². The van der Waals surface area contributed by atoms with Crippen LogP contribution in [0.15, 0.2) is 12.3 Å². The predicted octanol–water partition coefficient (Wildman–Crippen LogP) is 2.63. The Bertz CT molecular complexity index is 574. The average molecular weight is 345 g/mol. The molecule has 2 fully saturated rings. The van der Waals surface area contributed by atoms with Gasteiger partial charge in [0, 0.05) is 45.5 Å². The van der Waals surface area contributed by atoms with E-state index in [2.05, 4.69) is 26.1 Å². The number of rotatable bonds is 5. The molecule has 0 radical (unpaired) electrons. The Labute approximate surface area is 150 Å². The first-order valence-electron chi connectivity index (χ1n) is 10.1. The van der Waals surface area contributed by atoms with Crippen LogP contribution in [0.5, 0.6) is 0 Å². The molecule has 4 rings (SSSR count). The highest BCUT2D eigenvalue weighted by atomic mass is 16.2. The van der Waals surface area contributed by atoms with Gasteiger partial charge in [0.25, 0.3) is 0 Å². The van der Waals surface area contributed by atoms with Gasteiger partial charge in [0.05, 0.1) is 11.7 Å². The second kappa shape index (κ2) is 7.77. The van der Waals surface area contributed by atoms with Crippen LogP contribution in [0, 0.1) is 5.92 Å². The Morgan fingerprint density at radius 2 is 2.00 bits per heavy atom. The van der Waals surface area contributed by atoms with Crippen LogP contribution in [0.2, 0.25) is 0 Å². The number of nitrogens with zero attached hydrogens (tertiary/aromatic N) is 4. The van der Waals surface area contributed by atoms with Crippen LogP contribution in [-0.2, 0) is 6.54 Å². The molecule has 1 saturated heterocycles. The number of fused-ring (bicyclic) bond motifs is 1. The summed E-state index contributed by atoms with van der Waals surface area (Å²) >= 11 is 0. The lowest BCUT2D eigenvalue weighted by Gasteiger charge is -2.35. The molecule has 1 unspecified atom stereocenters. The molecule has 1 atom stereocenters. The summed E-state index contributed by atoms with van der Waals surface area (Å²) in [5.41, 5.74) is 1.32. The normalized spacial score (nSPS) is 24.6. The van der Waals surface area contributed by atoms with E-state index in [9.17, 15) is 4.79 Å². The Hall–Kier alpha value is -1.56. The van der Waals surface area contributed by atoms with Gasteiger partial charge in [-0.2, -0.15) is 5.10 Å². The third-order valence-electron chi connectivity index (χ3n) is 6.09. The summed E-state index contributed by atoms with van der Waals surface area (Å²) < 4.78 is 2.19. The Balaban J connectivity index is 1.31. The minimum absolute atomic E-state index is 0.108. The first-order chi connectivity index (χ1) is 12.3. The number of likely N-dealkylation sites (tertiary alicyclic amines) is 1. The summed E-state index contributed by atoms with van der Waals surface area (Å²) in [4.78, 5) is 16.7. The molecule has 1 N–H and O–H groups in total. The number of amides is 2. The van der Waals surface area contributed by atoms with Crippen molar-refractivity contribution in [2.75, 3.05) is 32.7 Å². The lowest BCUT2D eigenvalue weighted by molar-refractivity contribution is 0.146. The van der Waals surface area contributed by atoms with Gasteiger partial charge in [-0.1, -0.05) is 12.8 Å². The molecule has 1 aromatic heterocycles. The molecule has 3 heterocycles. The van der Waals surface area contributed by atoms with E-state index in [1.165, 1.54) is 37.9 Å². The number of hydrogen-bond acceptors (Lipinski definition) is 3. The zero-order valence-electron chi connectivity index (χ0n) is 15.2. The minimum Gasteiger partial charge on any atom is -0.338 e. The molecule has 1 saturated carbocycles. The SMILES string of the molecule is O=C(NCCC1CN(CC2CCCC2)Cc2ccnn21)N1CCCC1. The van der Waals surface area contributed by atoms with Crippen molar-refractivity contribution in [1.29, 1.82) is 0 Å². The lowest BCUT2D eigenvalue weighted by Crippen LogP contribution is -2.42. The second-order valence-corrected chi connectivity index (χ2v) is 7.98. The molecule has 2 amide bonds. The number of nitrogens with one attached hydrogen (secondary N) is 1. The minimum atomic E-state index is 0.108. The molecule has 0 bridgehead atoms. The van der Waals surface area contributed by atoms with Gasteiger partial charge in [-0.15, -0.1) is 0 Å². The molecule has 1 aromatic rings. The highest BCUT2D eigenvalue weighted by Crippen LogP contribution is 2.29. The molecule has 25 heavy (non-hydrogen) atoms. The van der Waals surface area contributed by atoms with E-state index in [0.717, 1.165) is 57.9 Å². The number of hydrogen-bond donors (Lipinski definition) is 1. The summed E-state index contributed by atoms with van der Waals surface area (Å²) in [5, 5.41) is 7.66. The van der Waals surface area contributed by atoms with E-state index in [4.69, 9.17) is 0 Å². The molecule has 2 aliphatic heterocycles. The van der Waals surface area contributed by atoms with Crippen molar-refractivity contribution in [3.63, 3.8) is 0 Å². The largest absolute Gasteiger partial charge is 0.338 e. The third kappa shape index (κ3) is 4.00. The van der Waals surface area contributed by atoms with Gasteiger partial charge in [-0.05, 0) is 44.1 Å². The van der Waals surface area contributed by atoms with Crippen molar-refractivity contribution in [1.82, 2.24) is 24.9 Å². The molecular formula is C19H31N5O. The molecule has 6 nitrogen and oxygen atoms in total. The maximum atomic E-state index is 12.2. The van der Waals surface area contributed by atoms with E-state index in [1.807, 2.05) is 11.1 Å². The van der Waals surface area contributed by atoms with Crippen molar-refractivity contribution < 1.29 is 4.79 Å². The smallest absolute Gasteiger partial charge is 0.317 e. The number of carbonyl (C=O) groups excluding carboxylic acids is 1. The van der Waals surface area contributed by atoms with Crippen LogP contribution < -0.4 is 5.32 Å². The van der Waals surface area contributed by atoms with Gasteiger partial charge in [0.1, 0.15) is 0 Å². The zero-order valence-corrected chi connectivity index (χ0v) is 15.2. The third-order valence-corrected chi connectivity index (χ3v) is 6.09. The van der Waals surface area contributed by atoms with E-state index >= 15 is 0 Å². The van der Waals surface area contributed by atoms with Crippen LogP contribution in [0.4, 0.5) is 4.79 Å². The fourth-order valence-corrected chi connectivity index (χ4v) is 4.75. The van der Waals surface area contributed by atoms with Gasteiger partial charge in [0.15, 0.2) is 0 Å². The molecule has 138 valence electrons.